The lowest BCUT2D eigenvalue weighted by Gasteiger charge is -2.41. The highest BCUT2D eigenvalue weighted by Gasteiger charge is 2.38. The zero-order chi connectivity index (χ0) is 10.9. The van der Waals surface area contributed by atoms with Crippen molar-refractivity contribution in [2.75, 3.05) is 18.5 Å². The van der Waals surface area contributed by atoms with E-state index in [1.165, 1.54) is 11.3 Å². The minimum Gasteiger partial charge on any atom is -0.395 e. The summed E-state index contributed by atoms with van der Waals surface area (Å²) in [6.07, 6.45) is 1.01. The number of para-hydroxylation sites is 1. The molecule has 1 heterocycles. The van der Waals surface area contributed by atoms with Crippen LogP contribution in [0.3, 0.4) is 0 Å². The van der Waals surface area contributed by atoms with Gasteiger partial charge in [0.25, 0.3) is 0 Å². The summed E-state index contributed by atoms with van der Waals surface area (Å²) in [7, 11) is 0. The van der Waals surface area contributed by atoms with Crippen LogP contribution in [0.1, 0.15) is 25.8 Å². The van der Waals surface area contributed by atoms with Gasteiger partial charge in [-0.1, -0.05) is 32.0 Å². The van der Waals surface area contributed by atoms with Gasteiger partial charge in [0.1, 0.15) is 0 Å². The van der Waals surface area contributed by atoms with Crippen molar-refractivity contribution >= 4 is 5.69 Å². The van der Waals surface area contributed by atoms with Crippen LogP contribution in [0.4, 0.5) is 5.69 Å². The number of aliphatic hydroxyl groups excluding tert-OH is 1. The van der Waals surface area contributed by atoms with Crippen LogP contribution in [0.25, 0.3) is 0 Å². The predicted octanol–water partition coefficient (Wildman–Crippen LogP) is 2.39. The van der Waals surface area contributed by atoms with Crippen molar-refractivity contribution < 1.29 is 5.11 Å². The average molecular weight is 205 g/mol. The van der Waals surface area contributed by atoms with Crippen molar-refractivity contribution in [3.8, 4) is 0 Å². The highest BCUT2D eigenvalue weighted by atomic mass is 16.3. The number of aliphatic hydroxyl groups is 1. The molecule has 0 radical (unpaired) electrons. The SMILES string of the molecule is CC(C)C1(CO)CCNc2ccccc21. The summed E-state index contributed by atoms with van der Waals surface area (Å²) in [4.78, 5) is 0. The van der Waals surface area contributed by atoms with Crippen LogP contribution >= 0.6 is 0 Å². The van der Waals surface area contributed by atoms with Crippen LogP contribution < -0.4 is 5.32 Å². The first-order valence-electron chi connectivity index (χ1n) is 5.65. The third-order valence-corrected chi connectivity index (χ3v) is 3.74. The van der Waals surface area contributed by atoms with Gasteiger partial charge >= 0.3 is 0 Å². The van der Waals surface area contributed by atoms with Crippen molar-refractivity contribution in [3.63, 3.8) is 0 Å². The maximum absolute atomic E-state index is 9.73. The third kappa shape index (κ3) is 1.53. The van der Waals surface area contributed by atoms with E-state index >= 15 is 0 Å². The summed E-state index contributed by atoms with van der Waals surface area (Å²) in [6, 6.07) is 8.33. The van der Waals surface area contributed by atoms with E-state index in [4.69, 9.17) is 0 Å². The first kappa shape index (κ1) is 10.5. The molecule has 15 heavy (non-hydrogen) atoms. The Balaban J connectivity index is 2.52. The minimum atomic E-state index is -0.0537. The molecule has 1 aliphatic heterocycles. The highest BCUT2D eigenvalue weighted by molar-refractivity contribution is 5.57. The lowest BCUT2D eigenvalue weighted by molar-refractivity contribution is 0.141. The lowest BCUT2D eigenvalue weighted by Crippen LogP contribution is -2.41. The molecule has 0 bridgehead atoms. The summed E-state index contributed by atoms with van der Waals surface area (Å²) >= 11 is 0. The second kappa shape index (κ2) is 3.86. The molecule has 0 fully saturated rings. The molecule has 1 atom stereocenters. The molecule has 0 aromatic heterocycles. The molecule has 2 nitrogen and oxygen atoms in total. The molecule has 0 saturated carbocycles. The first-order valence-corrected chi connectivity index (χ1v) is 5.65. The number of hydrogen-bond acceptors (Lipinski definition) is 2. The van der Waals surface area contributed by atoms with Gasteiger partial charge in [-0.3, -0.25) is 0 Å². The van der Waals surface area contributed by atoms with Crippen molar-refractivity contribution in [1.29, 1.82) is 0 Å². The highest BCUT2D eigenvalue weighted by Crippen LogP contribution is 2.41. The van der Waals surface area contributed by atoms with Gasteiger partial charge in [-0.05, 0) is 24.0 Å². The second-order valence-corrected chi connectivity index (χ2v) is 4.69. The van der Waals surface area contributed by atoms with Gasteiger partial charge in [-0.15, -0.1) is 0 Å². The van der Waals surface area contributed by atoms with Gasteiger partial charge in [-0.25, -0.2) is 0 Å². The summed E-state index contributed by atoms with van der Waals surface area (Å²) in [6.45, 7) is 5.58. The van der Waals surface area contributed by atoms with E-state index in [1.54, 1.807) is 0 Å². The van der Waals surface area contributed by atoms with E-state index in [9.17, 15) is 5.11 Å². The van der Waals surface area contributed by atoms with Crippen molar-refractivity contribution in [3.05, 3.63) is 29.8 Å². The molecular weight excluding hydrogens is 186 g/mol. The Morgan fingerprint density at radius 3 is 2.80 bits per heavy atom. The smallest absolute Gasteiger partial charge is 0.0531 e. The molecule has 1 aromatic carbocycles. The summed E-state index contributed by atoms with van der Waals surface area (Å²) in [5, 5.41) is 13.1. The normalized spacial score (nSPS) is 24.8. The number of anilines is 1. The maximum atomic E-state index is 9.73. The Hall–Kier alpha value is -1.02. The summed E-state index contributed by atoms with van der Waals surface area (Å²) in [5.74, 6) is 0.464. The van der Waals surface area contributed by atoms with E-state index in [1.807, 2.05) is 6.07 Å². The number of rotatable bonds is 2. The molecule has 2 rings (SSSR count). The molecule has 82 valence electrons. The minimum absolute atomic E-state index is 0.0537. The zero-order valence-corrected chi connectivity index (χ0v) is 9.46. The Morgan fingerprint density at radius 2 is 2.13 bits per heavy atom. The molecule has 0 amide bonds. The van der Waals surface area contributed by atoms with Crippen molar-refractivity contribution in [2.45, 2.75) is 25.7 Å². The fraction of sp³-hybridized carbons (Fsp3) is 0.538. The summed E-state index contributed by atoms with van der Waals surface area (Å²) < 4.78 is 0. The van der Waals surface area contributed by atoms with Crippen LogP contribution in [0, 0.1) is 5.92 Å². The number of hydrogen-bond donors (Lipinski definition) is 2. The Morgan fingerprint density at radius 1 is 1.40 bits per heavy atom. The molecule has 2 N–H and O–H groups in total. The second-order valence-electron chi connectivity index (χ2n) is 4.69. The quantitative estimate of drug-likeness (QED) is 0.777. The molecular formula is C13H19NO. The maximum Gasteiger partial charge on any atom is 0.0531 e. The lowest BCUT2D eigenvalue weighted by atomic mass is 9.68. The third-order valence-electron chi connectivity index (χ3n) is 3.74. The standard InChI is InChI=1S/C13H19NO/c1-10(2)13(9-15)7-8-14-12-6-4-3-5-11(12)13/h3-6,10,14-15H,7-9H2,1-2H3. The van der Waals surface area contributed by atoms with Crippen LogP contribution in [-0.4, -0.2) is 18.3 Å². The van der Waals surface area contributed by atoms with Gasteiger partial charge in [0, 0.05) is 17.6 Å². The topological polar surface area (TPSA) is 32.3 Å². The number of fused-ring (bicyclic) bond motifs is 1. The number of benzene rings is 1. The van der Waals surface area contributed by atoms with Gasteiger partial charge < -0.3 is 10.4 Å². The Kier molecular flexibility index (Phi) is 2.70. The molecule has 0 saturated heterocycles. The van der Waals surface area contributed by atoms with Crippen molar-refractivity contribution in [1.82, 2.24) is 0 Å². The molecule has 2 heteroatoms. The first-order chi connectivity index (χ1) is 7.20. The van der Waals surface area contributed by atoms with E-state index in [-0.39, 0.29) is 12.0 Å². The van der Waals surface area contributed by atoms with Crippen LogP contribution in [-0.2, 0) is 5.41 Å². The Bertz CT molecular complexity index is 348. The van der Waals surface area contributed by atoms with Crippen LogP contribution in [0.5, 0.6) is 0 Å². The van der Waals surface area contributed by atoms with E-state index < -0.39 is 0 Å². The molecule has 1 aliphatic rings. The van der Waals surface area contributed by atoms with Crippen molar-refractivity contribution in [2.24, 2.45) is 5.92 Å². The fourth-order valence-electron chi connectivity index (χ4n) is 2.57. The molecule has 1 aromatic rings. The molecule has 0 aliphatic carbocycles. The van der Waals surface area contributed by atoms with Gasteiger partial charge in [0.05, 0.1) is 6.61 Å². The van der Waals surface area contributed by atoms with Crippen LogP contribution in [0.2, 0.25) is 0 Å². The van der Waals surface area contributed by atoms with E-state index in [2.05, 4.69) is 37.4 Å². The van der Waals surface area contributed by atoms with Gasteiger partial charge in [-0.2, -0.15) is 0 Å². The van der Waals surface area contributed by atoms with Gasteiger partial charge in [0.15, 0.2) is 0 Å². The average Bonchev–Trinajstić information content (AvgIpc) is 2.28. The summed E-state index contributed by atoms with van der Waals surface area (Å²) in [5.41, 5.74) is 2.40. The largest absolute Gasteiger partial charge is 0.395 e. The van der Waals surface area contributed by atoms with Gasteiger partial charge in [0.2, 0.25) is 0 Å². The molecule has 0 spiro atoms. The fourth-order valence-corrected chi connectivity index (χ4v) is 2.57. The molecule has 1 unspecified atom stereocenters. The van der Waals surface area contributed by atoms with Crippen LogP contribution in [0.15, 0.2) is 24.3 Å². The predicted molar refractivity (Wildman–Crippen MR) is 63.2 cm³/mol. The monoisotopic (exact) mass is 205 g/mol. The van der Waals surface area contributed by atoms with E-state index in [0.717, 1.165) is 13.0 Å². The number of nitrogens with one attached hydrogen (secondary N) is 1. The van der Waals surface area contributed by atoms with E-state index in [0.29, 0.717) is 5.92 Å². The zero-order valence-electron chi connectivity index (χ0n) is 9.46. The Labute approximate surface area is 91.3 Å².